The number of amides is 1. The molecule has 6 nitrogen and oxygen atoms in total. The molecule has 1 fully saturated rings. The molecule has 4 rings (SSSR count). The number of anilines is 1. The smallest absolute Gasteiger partial charge is 0.251 e. The number of rotatable bonds is 4. The minimum Gasteiger partial charge on any atom is -0.353 e. The van der Waals surface area contributed by atoms with Crippen LogP contribution in [-0.2, 0) is 0 Å². The van der Waals surface area contributed by atoms with Crippen molar-refractivity contribution < 1.29 is 4.79 Å². The third-order valence-corrected chi connectivity index (χ3v) is 5.03. The van der Waals surface area contributed by atoms with Gasteiger partial charge in [0.1, 0.15) is 0 Å². The van der Waals surface area contributed by atoms with Gasteiger partial charge < -0.3 is 10.2 Å². The fraction of sp³-hybridized carbons (Fsp3) is 0.286. The first kappa shape index (κ1) is 17.3. The highest BCUT2D eigenvalue weighted by Gasteiger charge is 2.24. The number of hydrogen-bond acceptors (Lipinski definition) is 4. The van der Waals surface area contributed by atoms with Gasteiger partial charge in [0.2, 0.25) is 0 Å². The molecule has 0 bridgehead atoms. The van der Waals surface area contributed by atoms with Crippen LogP contribution in [0.3, 0.4) is 0 Å². The number of pyridine rings is 1. The van der Waals surface area contributed by atoms with E-state index in [0.717, 1.165) is 54.1 Å². The summed E-state index contributed by atoms with van der Waals surface area (Å²) in [5, 5.41) is 10.8. The zero-order valence-electron chi connectivity index (χ0n) is 15.4. The fourth-order valence-corrected chi connectivity index (χ4v) is 3.55. The number of hydrogen-bond donors (Lipinski definition) is 2. The van der Waals surface area contributed by atoms with E-state index in [2.05, 4.69) is 31.5 Å². The molecule has 0 unspecified atom stereocenters. The molecule has 1 atom stereocenters. The summed E-state index contributed by atoms with van der Waals surface area (Å²) in [6.45, 7) is 3.67. The second-order valence-corrected chi connectivity index (χ2v) is 6.95. The van der Waals surface area contributed by atoms with Crippen LogP contribution in [0, 0.1) is 6.92 Å². The molecule has 2 N–H and O–H groups in total. The largest absolute Gasteiger partial charge is 0.353 e. The van der Waals surface area contributed by atoms with Crippen LogP contribution in [-0.4, -0.2) is 40.2 Å². The topological polar surface area (TPSA) is 73.9 Å². The average Bonchev–Trinajstić information content (AvgIpc) is 3.19. The van der Waals surface area contributed by atoms with Crippen molar-refractivity contribution >= 4 is 11.7 Å². The van der Waals surface area contributed by atoms with Crippen molar-refractivity contribution in [3.05, 3.63) is 66.0 Å². The molecule has 1 aromatic carbocycles. The van der Waals surface area contributed by atoms with Gasteiger partial charge in [-0.25, -0.2) is 0 Å². The lowest BCUT2D eigenvalue weighted by Crippen LogP contribution is -2.48. The molecule has 0 aliphatic carbocycles. The van der Waals surface area contributed by atoms with Crippen LogP contribution in [0.25, 0.3) is 11.3 Å². The Labute approximate surface area is 158 Å². The Kier molecular flexibility index (Phi) is 4.87. The Hall–Kier alpha value is -3.15. The van der Waals surface area contributed by atoms with Crippen molar-refractivity contribution in [1.82, 2.24) is 20.5 Å². The van der Waals surface area contributed by atoms with Gasteiger partial charge in [-0.2, -0.15) is 5.10 Å². The minimum atomic E-state index is -0.000507. The number of nitrogens with one attached hydrogen (secondary N) is 2. The number of aryl methyl sites for hydroxylation is 1. The van der Waals surface area contributed by atoms with E-state index in [1.165, 1.54) is 0 Å². The molecule has 1 saturated heterocycles. The molecule has 1 amide bonds. The zero-order chi connectivity index (χ0) is 18.6. The summed E-state index contributed by atoms with van der Waals surface area (Å²) in [4.78, 5) is 18.9. The standard InChI is InChI=1S/C21H23N5O/c1-15-5-2-3-7-18(15)21(27)23-17-6-4-12-26(14-17)20-13-19(24-25-20)16-8-10-22-11-9-16/h2-3,5,7-11,13,17H,4,6,12,14H2,1H3,(H,23,27)(H,24,25)/t17-/m0/s1. The highest BCUT2D eigenvalue weighted by Crippen LogP contribution is 2.24. The molecule has 3 aromatic rings. The molecule has 6 heteroatoms. The van der Waals surface area contributed by atoms with Gasteiger partial charge in [-0.3, -0.25) is 14.9 Å². The number of nitrogens with zero attached hydrogens (tertiary/aromatic N) is 3. The van der Waals surface area contributed by atoms with Crippen LogP contribution in [0.5, 0.6) is 0 Å². The van der Waals surface area contributed by atoms with Crippen LogP contribution in [0.2, 0.25) is 0 Å². The summed E-state index contributed by atoms with van der Waals surface area (Å²) in [6, 6.07) is 13.8. The van der Waals surface area contributed by atoms with E-state index in [0.29, 0.717) is 0 Å². The van der Waals surface area contributed by atoms with E-state index in [-0.39, 0.29) is 11.9 Å². The summed E-state index contributed by atoms with van der Waals surface area (Å²) >= 11 is 0. The quantitative estimate of drug-likeness (QED) is 0.748. The first-order chi connectivity index (χ1) is 13.2. The third kappa shape index (κ3) is 3.84. The van der Waals surface area contributed by atoms with Crippen molar-refractivity contribution in [2.75, 3.05) is 18.0 Å². The number of benzene rings is 1. The Morgan fingerprint density at radius 2 is 2.04 bits per heavy atom. The maximum Gasteiger partial charge on any atom is 0.251 e. The molecule has 0 spiro atoms. The summed E-state index contributed by atoms with van der Waals surface area (Å²) in [5.74, 6) is 0.913. The molecule has 138 valence electrons. The van der Waals surface area contributed by atoms with Crippen LogP contribution in [0.1, 0.15) is 28.8 Å². The van der Waals surface area contributed by atoms with Gasteiger partial charge >= 0.3 is 0 Å². The molecule has 1 aliphatic rings. The van der Waals surface area contributed by atoms with E-state index >= 15 is 0 Å². The monoisotopic (exact) mass is 361 g/mol. The second-order valence-electron chi connectivity index (χ2n) is 6.95. The van der Waals surface area contributed by atoms with Crippen LogP contribution in [0.4, 0.5) is 5.82 Å². The van der Waals surface area contributed by atoms with E-state index in [4.69, 9.17) is 0 Å². The van der Waals surface area contributed by atoms with Gasteiger partial charge in [-0.05, 0) is 43.5 Å². The van der Waals surface area contributed by atoms with E-state index in [1.54, 1.807) is 12.4 Å². The van der Waals surface area contributed by atoms with Gasteiger partial charge in [0.05, 0.1) is 5.69 Å². The van der Waals surface area contributed by atoms with E-state index in [9.17, 15) is 4.79 Å². The van der Waals surface area contributed by atoms with Crippen molar-refractivity contribution in [3.63, 3.8) is 0 Å². The van der Waals surface area contributed by atoms with Gasteiger partial charge in [0, 0.05) is 48.7 Å². The van der Waals surface area contributed by atoms with Crippen molar-refractivity contribution in [1.29, 1.82) is 0 Å². The van der Waals surface area contributed by atoms with Gasteiger partial charge in [0.15, 0.2) is 5.82 Å². The minimum absolute atomic E-state index is 0.000507. The van der Waals surface area contributed by atoms with Gasteiger partial charge in [-0.1, -0.05) is 18.2 Å². The summed E-state index contributed by atoms with van der Waals surface area (Å²) < 4.78 is 0. The Balaban J connectivity index is 1.43. The molecule has 2 aromatic heterocycles. The fourth-order valence-electron chi connectivity index (χ4n) is 3.55. The Bertz CT molecular complexity index is 921. The molecule has 0 radical (unpaired) electrons. The number of aromatic nitrogens is 3. The first-order valence-electron chi connectivity index (χ1n) is 9.28. The molecule has 3 heterocycles. The highest BCUT2D eigenvalue weighted by atomic mass is 16.1. The summed E-state index contributed by atoms with van der Waals surface area (Å²) in [5.41, 5.74) is 3.77. The maximum absolute atomic E-state index is 12.6. The number of piperidine rings is 1. The van der Waals surface area contributed by atoms with E-state index in [1.807, 2.05) is 43.3 Å². The van der Waals surface area contributed by atoms with Crippen LogP contribution < -0.4 is 10.2 Å². The normalized spacial score (nSPS) is 16.9. The molecule has 27 heavy (non-hydrogen) atoms. The summed E-state index contributed by atoms with van der Waals surface area (Å²) in [7, 11) is 0. The lowest BCUT2D eigenvalue weighted by atomic mass is 10.0. The highest BCUT2D eigenvalue weighted by molar-refractivity contribution is 5.95. The Morgan fingerprint density at radius 1 is 1.22 bits per heavy atom. The Morgan fingerprint density at radius 3 is 2.85 bits per heavy atom. The molecule has 0 saturated carbocycles. The lowest BCUT2D eigenvalue weighted by molar-refractivity contribution is 0.0932. The zero-order valence-corrected chi connectivity index (χ0v) is 15.4. The first-order valence-corrected chi connectivity index (χ1v) is 9.28. The van der Waals surface area contributed by atoms with Gasteiger partial charge in [0.25, 0.3) is 5.91 Å². The number of carbonyl (C=O) groups excluding carboxylic acids is 1. The predicted octanol–water partition coefficient (Wildman–Crippen LogP) is 3.18. The lowest BCUT2D eigenvalue weighted by Gasteiger charge is -2.33. The second kappa shape index (κ2) is 7.61. The van der Waals surface area contributed by atoms with Gasteiger partial charge in [-0.15, -0.1) is 0 Å². The predicted molar refractivity (Wildman–Crippen MR) is 106 cm³/mol. The molecular weight excluding hydrogens is 338 g/mol. The van der Waals surface area contributed by atoms with Crippen molar-refractivity contribution in [2.45, 2.75) is 25.8 Å². The SMILES string of the molecule is Cc1ccccc1C(=O)N[C@H]1CCCN(c2cc(-c3ccncc3)[nH]n2)C1. The van der Waals surface area contributed by atoms with E-state index < -0.39 is 0 Å². The number of aromatic amines is 1. The van der Waals surface area contributed by atoms with Crippen LogP contribution in [0.15, 0.2) is 54.9 Å². The average molecular weight is 361 g/mol. The summed E-state index contributed by atoms with van der Waals surface area (Å²) in [6.07, 6.45) is 5.55. The molecular formula is C21H23N5O. The molecule has 1 aliphatic heterocycles. The number of carbonyl (C=O) groups is 1. The van der Waals surface area contributed by atoms with Crippen LogP contribution >= 0.6 is 0 Å². The van der Waals surface area contributed by atoms with Crippen molar-refractivity contribution in [2.24, 2.45) is 0 Å². The van der Waals surface area contributed by atoms with Crippen molar-refractivity contribution in [3.8, 4) is 11.3 Å². The maximum atomic E-state index is 12.6. The number of H-pyrrole nitrogens is 1. The third-order valence-electron chi connectivity index (χ3n) is 5.03.